The Labute approximate surface area is 121 Å². The Morgan fingerprint density at radius 2 is 1.65 bits per heavy atom. The van der Waals surface area contributed by atoms with Gasteiger partial charge in [0.1, 0.15) is 0 Å². The molecule has 2 aromatic carbocycles. The molecule has 2 atom stereocenters. The van der Waals surface area contributed by atoms with Crippen LogP contribution in [0.5, 0.6) is 0 Å². The molecule has 0 bridgehead atoms. The Morgan fingerprint density at radius 3 is 2.40 bits per heavy atom. The van der Waals surface area contributed by atoms with E-state index < -0.39 is 0 Å². The predicted octanol–water partition coefficient (Wildman–Crippen LogP) is 4.81. The van der Waals surface area contributed by atoms with E-state index in [0.717, 1.165) is 5.71 Å². The summed E-state index contributed by atoms with van der Waals surface area (Å²) in [6, 6.07) is 19.7. The van der Waals surface area contributed by atoms with E-state index >= 15 is 0 Å². The van der Waals surface area contributed by atoms with E-state index in [2.05, 4.69) is 68.4 Å². The van der Waals surface area contributed by atoms with Gasteiger partial charge in [-0.1, -0.05) is 67.9 Å². The molecule has 0 aliphatic carbocycles. The molecule has 3 rings (SSSR count). The normalized spacial score (nSPS) is 21.2. The lowest BCUT2D eigenvalue weighted by Gasteiger charge is -2.30. The zero-order valence-electron chi connectivity index (χ0n) is 12.2. The van der Waals surface area contributed by atoms with Gasteiger partial charge in [-0.15, -0.1) is 0 Å². The lowest BCUT2D eigenvalue weighted by atomic mass is 9.80. The molecule has 0 N–H and O–H groups in total. The summed E-state index contributed by atoms with van der Waals surface area (Å²) in [7, 11) is 0. The minimum Gasteiger partial charge on any atom is -0.280 e. The SMILES string of the molecule is CCC[C@@H]1c2ccccc2C(c2ccccc2)=NC1C. The van der Waals surface area contributed by atoms with E-state index in [4.69, 9.17) is 4.99 Å². The molecule has 1 nitrogen and oxygen atoms in total. The lowest BCUT2D eigenvalue weighted by Crippen LogP contribution is -2.24. The summed E-state index contributed by atoms with van der Waals surface area (Å²) in [5.74, 6) is 0.559. The maximum Gasteiger partial charge on any atom is 0.0725 e. The molecule has 0 radical (unpaired) electrons. The minimum absolute atomic E-state index is 0.361. The molecule has 1 heterocycles. The largest absolute Gasteiger partial charge is 0.280 e. The summed E-state index contributed by atoms with van der Waals surface area (Å²) < 4.78 is 0. The third-order valence-electron chi connectivity index (χ3n) is 4.18. The molecule has 0 amide bonds. The predicted molar refractivity (Wildman–Crippen MR) is 85.6 cm³/mol. The van der Waals surface area contributed by atoms with E-state index in [1.54, 1.807) is 0 Å². The molecule has 0 saturated carbocycles. The number of hydrogen-bond acceptors (Lipinski definition) is 1. The summed E-state index contributed by atoms with van der Waals surface area (Å²) >= 11 is 0. The van der Waals surface area contributed by atoms with Gasteiger partial charge in [0, 0.05) is 17.0 Å². The summed E-state index contributed by atoms with van der Waals surface area (Å²) in [4.78, 5) is 5.01. The Balaban J connectivity index is 2.11. The lowest BCUT2D eigenvalue weighted by molar-refractivity contribution is 0.518. The second kappa shape index (κ2) is 5.62. The molecule has 0 aromatic heterocycles. The second-order valence-corrected chi connectivity index (χ2v) is 5.57. The van der Waals surface area contributed by atoms with Crippen LogP contribution >= 0.6 is 0 Å². The zero-order chi connectivity index (χ0) is 13.9. The molecule has 1 aliphatic rings. The first-order chi connectivity index (χ1) is 9.81. The van der Waals surface area contributed by atoms with Crippen molar-refractivity contribution in [3.05, 3.63) is 71.3 Å². The van der Waals surface area contributed by atoms with Crippen LogP contribution in [0.4, 0.5) is 0 Å². The van der Waals surface area contributed by atoms with Gasteiger partial charge in [0.15, 0.2) is 0 Å². The first-order valence-electron chi connectivity index (χ1n) is 7.53. The Bertz CT molecular complexity index is 613. The van der Waals surface area contributed by atoms with Crippen LogP contribution in [0.3, 0.4) is 0 Å². The number of fused-ring (bicyclic) bond motifs is 1. The van der Waals surface area contributed by atoms with Crippen LogP contribution in [0, 0.1) is 0 Å². The molecular formula is C19H21N. The molecule has 1 heteroatoms. The molecule has 20 heavy (non-hydrogen) atoms. The van der Waals surface area contributed by atoms with Gasteiger partial charge in [0.05, 0.1) is 11.8 Å². The van der Waals surface area contributed by atoms with E-state index in [-0.39, 0.29) is 0 Å². The molecule has 1 unspecified atom stereocenters. The van der Waals surface area contributed by atoms with Crippen LogP contribution in [0.25, 0.3) is 0 Å². The van der Waals surface area contributed by atoms with Gasteiger partial charge < -0.3 is 0 Å². The maximum absolute atomic E-state index is 5.01. The van der Waals surface area contributed by atoms with Gasteiger partial charge in [-0.2, -0.15) is 0 Å². The second-order valence-electron chi connectivity index (χ2n) is 5.57. The van der Waals surface area contributed by atoms with Crippen molar-refractivity contribution in [2.45, 2.75) is 38.6 Å². The van der Waals surface area contributed by atoms with E-state index in [0.29, 0.717) is 12.0 Å². The Hall–Kier alpha value is -1.89. The fourth-order valence-electron chi connectivity index (χ4n) is 3.19. The van der Waals surface area contributed by atoms with Crippen molar-refractivity contribution in [2.24, 2.45) is 4.99 Å². The van der Waals surface area contributed by atoms with Gasteiger partial charge >= 0.3 is 0 Å². The third-order valence-corrected chi connectivity index (χ3v) is 4.18. The van der Waals surface area contributed by atoms with Crippen LogP contribution in [-0.4, -0.2) is 11.8 Å². The number of benzene rings is 2. The van der Waals surface area contributed by atoms with Gasteiger partial charge in [-0.3, -0.25) is 4.99 Å². The maximum atomic E-state index is 5.01. The molecule has 102 valence electrons. The molecule has 1 aliphatic heterocycles. The zero-order valence-corrected chi connectivity index (χ0v) is 12.2. The monoisotopic (exact) mass is 263 g/mol. The van der Waals surface area contributed by atoms with Crippen LogP contribution in [0.1, 0.15) is 49.3 Å². The number of aliphatic imine (C=N–C) groups is 1. The fraction of sp³-hybridized carbons (Fsp3) is 0.316. The summed E-state index contributed by atoms with van der Waals surface area (Å²) in [6.07, 6.45) is 2.42. The van der Waals surface area contributed by atoms with Crippen LogP contribution < -0.4 is 0 Å². The van der Waals surface area contributed by atoms with Gasteiger partial charge in [0.2, 0.25) is 0 Å². The fourth-order valence-corrected chi connectivity index (χ4v) is 3.19. The molecule has 0 spiro atoms. The van der Waals surface area contributed by atoms with Gasteiger partial charge in [-0.05, 0) is 18.9 Å². The van der Waals surface area contributed by atoms with Crippen molar-refractivity contribution < 1.29 is 0 Å². The van der Waals surface area contributed by atoms with Gasteiger partial charge in [-0.25, -0.2) is 0 Å². The summed E-state index contributed by atoms with van der Waals surface area (Å²) in [5.41, 5.74) is 5.16. The molecule has 0 saturated heterocycles. The first-order valence-corrected chi connectivity index (χ1v) is 7.53. The number of nitrogens with zero attached hydrogens (tertiary/aromatic N) is 1. The van der Waals surface area contributed by atoms with Crippen LogP contribution in [0.15, 0.2) is 59.6 Å². The average molecular weight is 263 g/mol. The molecule has 2 aromatic rings. The van der Waals surface area contributed by atoms with Crippen LogP contribution in [-0.2, 0) is 0 Å². The average Bonchev–Trinajstić information content (AvgIpc) is 2.51. The first kappa shape index (κ1) is 13.1. The highest BCUT2D eigenvalue weighted by Gasteiger charge is 2.27. The van der Waals surface area contributed by atoms with Gasteiger partial charge in [0.25, 0.3) is 0 Å². The standard InChI is InChI=1S/C19H21N/c1-3-9-16-14(2)20-19(15-10-5-4-6-11-15)18-13-8-7-12-17(16)18/h4-8,10-14,16H,3,9H2,1-2H3/t14?,16-/m0/s1. The topological polar surface area (TPSA) is 12.4 Å². The van der Waals surface area contributed by atoms with E-state index in [1.165, 1.54) is 29.5 Å². The quantitative estimate of drug-likeness (QED) is 0.753. The van der Waals surface area contributed by atoms with Crippen molar-refractivity contribution in [2.75, 3.05) is 0 Å². The minimum atomic E-state index is 0.361. The van der Waals surface area contributed by atoms with Crippen LogP contribution in [0.2, 0.25) is 0 Å². The highest BCUT2D eigenvalue weighted by atomic mass is 14.8. The number of hydrogen-bond donors (Lipinski definition) is 0. The van der Waals surface area contributed by atoms with Crippen molar-refractivity contribution in [1.82, 2.24) is 0 Å². The van der Waals surface area contributed by atoms with Crippen molar-refractivity contribution >= 4 is 5.71 Å². The number of rotatable bonds is 3. The van der Waals surface area contributed by atoms with Crippen molar-refractivity contribution in [3.63, 3.8) is 0 Å². The Morgan fingerprint density at radius 1 is 0.950 bits per heavy atom. The van der Waals surface area contributed by atoms with Crippen molar-refractivity contribution in [3.8, 4) is 0 Å². The van der Waals surface area contributed by atoms with E-state index in [9.17, 15) is 0 Å². The highest BCUT2D eigenvalue weighted by molar-refractivity contribution is 6.14. The highest BCUT2D eigenvalue weighted by Crippen LogP contribution is 2.35. The van der Waals surface area contributed by atoms with E-state index in [1.807, 2.05) is 0 Å². The smallest absolute Gasteiger partial charge is 0.0725 e. The molecule has 0 fully saturated rings. The summed E-state index contributed by atoms with van der Waals surface area (Å²) in [6.45, 7) is 4.50. The third kappa shape index (κ3) is 2.29. The summed E-state index contributed by atoms with van der Waals surface area (Å²) in [5, 5.41) is 0. The van der Waals surface area contributed by atoms with Crippen molar-refractivity contribution in [1.29, 1.82) is 0 Å². The Kier molecular flexibility index (Phi) is 3.68. The molecular weight excluding hydrogens is 242 g/mol.